The van der Waals surface area contributed by atoms with Crippen molar-refractivity contribution in [3.63, 3.8) is 0 Å². The number of nitrogens with zero attached hydrogens (tertiary/aromatic N) is 3. The van der Waals surface area contributed by atoms with Gasteiger partial charge in [0.1, 0.15) is 18.2 Å². The van der Waals surface area contributed by atoms with Gasteiger partial charge in [0.25, 0.3) is 0 Å². The van der Waals surface area contributed by atoms with Gasteiger partial charge in [0, 0.05) is 26.2 Å². The summed E-state index contributed by atoms with van der Waals surface area (Å²) in [6.45, 7) is 3.43. The minimum Gasteiger partial charge on any atom is -0.491 e. The molecule has 0 heterocycles. The van der Waals surface area contributed by atoms with Gasteiger partial charge in [-0.3, -0.25) is 4.99 Å². The van der Waals surface area contributed by atoms with Gasteiger partial charge < -0.3 is 15.0 Å². The van der Waals surface area contributed by atoms with Crippen LogP contribution in [0.5, 0.6) is 5.75 Å². The summed E-state index contributed by atoms with van der Waals surface area (Å²) in [5, 5.41) is 11.9. The molecule has 0 fully saturated rings. The summed E-state index contributed by atoms with van der Waals surface area (Å²) in [5.74, 6) is 1.10. The zero-order valence-corrected chi connectivity index (χ0v) is 18.0. The van der Waals surface area contributed by atoms with Gasteiger partial charge in [0.05, 0.1) is 18.2 Å². The molecule has 2 rings (SSSR count). The summed E-state index contributed by atoms with van der Waals surface area (Å²) in [4.78, 5) is 6.13. The van der Waals surface area contributed by atoms with E-state index in [2.05, 4.69) is 10.3 Å². The minimum absolute atomic E-state index is 0. The van der Waals surface area contributed by atoms with Crippen molar-refractivity contribution >= 4 is 29.9 Å². The van der Waals surface area contributed by atoms with E-state index < -0.39 is 5.82 Å². The first-order valence-electron chi connectivity index (χ1n) is 8.34. The molecular weight excluding hydrogens is 458 g/mol. The van der Waals surface area contributed by atoms with Crippen molar-refractivity contribution in [2.75, 3.05) is 27.2 Å². The number of ether oxygens (including phenoxy) is 1. The number of rotatable bonds is 6. The molecule has 0 aliphatic heterocycles. The standard InChI is InChI=1S/C20H23FN4O.HI/c1-15-6-4-5-7-19(15)26-11-10-25(3)20(23-2)24-14-17-9-8-16(13-22)12-18(17)21;/h4-9,12H,10-11,14H2,1-3H3,(H,23,24);1H. The van der Waals surface area contributed by atoms with Crippen LogP contribution in [0, 0.1) is 24.1 Å². The number of benzene rings is 2. The molecule has 144 valence electrons. The molecule has 0 saturated carbocycles. The van der Waals surface area contributed by atoms with Crippen LogP contribution < -0.4 is 10.1 Å². The number of likely N-dealkylation sites (N-methyl/N-ethyl adjacent to an activating group) is 1. The van der Waals surface area contributed by atoms with E-state index in [9.17, 15) is 4.39 Å². The van der Waals surface area contributed by atoms with Crippen LogP contribution in [0.15, 0.2) is 47.5 Å². The lowest BCUT2D eigenvalue weighted by molar-refractivity contribution is 0.280. The molecule has 7 heteroatoms. The van der Waals surface area contributed by atoms with Gasteiger partial charge in [-0.15, -0.1) is 24.0 Å². The Balaban J connectivity index is 0.00000364. The lowest BCUT2D eigenvalue weighted by atomic mass is 10.1. The van der Waals surface area contributed by atoms with E-state index in [0.717, 1.165) is 11.3 Å². The van der Waals surface area contributed by atoms with Gasteiger partial charge in [-0.1, -0.05) is 24.3 Å². The monoisotopic (exact) mass is 482 g/mol. The molecule has 0 aromatic heterocycles. The zero-order valence-electron chi connectivity index (χ0n) is 15.7. The van der Waals surface area contributed by atoms with E-state index in [1.54, 1.807) is 19.2 Å². The Hall–Kier alpha value is -2.34. The van der Waals surface area contributed by atoms with Crippen LogP contribution in [0.25, 0.3) is 0 Å². The molecule has 0 bridgehead atoms. The lowest BCUT2D eigenvalue weighted by Crippen LogP contribution is -2.40. The third-order valence-corrected chi connectivity index (χ3v) is 3.97. The summed E-state index contributed by atoms with van der Waals surface area (Å²) in [7, 11) is 3.57. The van der Waals surface area contributed by atoms with E-state index in [1.165, 1.54) is 6.07 Å². The van der Waals surface area contributed by atoms with Crippen molar-refractivity contribution in [1.29, 1.82) is 5.26 Å². The summed E-state index contributed by atoms with van der Waals surface area (Å²) in [6, 6.07) is 14.2. The molecule has 0 spiro atoms. The van der Waals surface area contributed by atoms with Gasteiger partial charge >= 0.3 is 0 Å². The number of para-hydroxylation sites is 1. The normalized spacial score (nSPS) is 10.6. The Morgan fingerprint density at radius 1 is 1.30 bits per heavy atom. The molecule has 0 aliphatic rings. The molecule has 1 N–H and O–H groups in total. The maximum Gasteiger partial charge on any atom is 0.193 e. The van der Waals surface area contributed by atoms with E-state index in [1.807, 2.05) is 49.2 Å². The molecule has 2 aromatic carbocycles. The number of halogens is 2. The maximum atomic E-state index is 14.0. The number of nitrogens with one attached hydrogen (secondary N) is 1. The molecule has 27 heavy (non-hydrogen) atoms. The highest BCUT2D eigenvalue weighted by atomic mass is 127. The Morgan fingerprint density at radius 2 is 2.04 bits per heavy atom. The van der Waals surface area contributed by atoms with E-state index in [4.69, 9.17) is 10.00 Å². The van der Waals surface area contributed by atoms with Gasteiger partial charge in [-0.05, 0) is 30.7 Å². The number of nitriles is 1. The SMILES string of the molecule is CN=C(NCc1ccc(C#N)cc1F)N(C)CCOc1ccccc1C.I. The number of guanidine groups is 1. The molecule has 0 unspecified atom stereocenters. The largest absolute Gasteiger partial charge is 0.491 e. The van der Waals surface area contributed by atoms with Crippen molar-refractivity contribution in [2.24, 2.45) is 4.99 Å². The highest BCUT2D eigenvalue weighted by Gasteiger charge is 2.09. The molecule has 5 nitrogen and oxygen atoms in total. The van der Waals surface area contributed by atoms with E-state index >= 15 is 0 Å². The number of aliphatic imine (C=N–C) groups is 1. The highest BCUT2D eigenvalue weighted by Crippen LogP contribution is 2.15. The molecule has 0 saturated heterocycles. The van der Waals surface area contributed by atoms with Crippen LogP contribution in [0.1, 0.15) is 16.7 Å². The lowest BCUT2D eigenvalue weighted by Gasteiger charge is -2.22. The number of hydrogen-bond donors (Lipinski definition) is 1. The summed E-state index contributed by atoms with van der Waals surface area (Å²) in [5.41, 5.74) is 1.88. The topological polar surface area (TPSA) is 60.7 Å². The summed E-state index contributed by atoms with van der Waals surface area (Å²) in [6.07, 6.45) is 0. The van der Waals surface area contributed by atoms with Crippen LogP contribution in [0.3, 0.4) is 0 Å². The fourth-order valence-corrected chi connectivity index (χ4v) is 2.44. The Bertz CT molecular complexity index is 820. The Morgan fingerprint density at radius 3 is 2.67 bits per heavy atom. The van der Waals surface area contributed by atoms with Crippen LogP contribution in [-0.4, -0.2) is 38.1 Å². The van der Waals surface area contributed by atoms with Crippen molar-refractivity contribution in [3.8, 4) is 11.8 Å². The number of aryl methyl sites for hydroxylation is 1. The van der Waals surface area contributed by atoms with Crippen LogP contribution >= 0.6 is 24.0 Å². The average molecular weight is 482 g/mol. The van der Waals surface area contributed by atoms with Crippen molar-refractivity contribution in [3.05, 3.63) is 65.0 Å². The van der Waals surface area contributed by atoms with Gasteiger partial charge in [0.15, 0.2) is 5.96 Å². The minimum atomic E-state index is -0.405. The van der Waals surface area contributed by atoms with Crippen molar-refractivity contribution in [2.45, 2.75) is 13.5 Å². The second-order valence-corrected chi connectivity index (χ2v) is 5.85. The highest BCUT2D eigenvalue weighted by molar-refractivity contribution is 14.0. The second-order valence-electron chi connectivity index (χ2n) is 5.85. The maximum absolute atomic E-state index is 14.0. The molecule has 0 amide bonds. The molecule has 0 aliphatic carbocycles. The first-order chi connectivity index (χ1) is 12.5. The molecular formula is C20H24FIN4O. The smallest absolute Gasteiger partial charge is 0.193 e. The first-order valence-corrected chi connectivity index (χ1v) is 8.34. The van der Waals surface area contributed by atoms with Crippen LogP contribution in [0.2, 0.25) is 0 Å². The molecule has 2 aromatic rings. The van der Waals surface area contributed by atoms with Gasteiger partial charge in [-0.25, -0.2) is 4.39 Å². The predicted octanol–water partition coefficient (Wildman–Crippen LogP) is 3.71. The first kappa shape index (κ1) is 22.7. The average Bonchev–Trinajstić information content (AvgIpc) is 2.64. The van der Waals surface area contributed by atoms with E-state index in [0.29, 0.717) is 30.2 Å². The van der Waals surface area contributed by atoms with Crippen LogP contribution in [0.4, 0.5) is 4.39 Å². The van der Waals surface area contributed by atoms with Crippen molar-refractivity contribution in [1.82, 2.24) is 10.2 Å². The second kappa shape index (κ2) is 11.4. The molecule has 0 atom stereocenters. The summed E-state index contributed by atoms with van der Waals surface area (Å²) >= 11 is 0. The molecule has 0 radical (unpaired) electrons. The third-order valence-electron chi connectivity index (χ3n) is 3.97. The fourth-order valence-electron chi connectivity index (χ4n) is 2.44. The van der Waals surface area contributed by atoms with E-state index in [-0.39, 0.29) is 30.5 Å². The predicted molar refractivity (Wildman–Crippen MR) is 116 cm³/mol. The fraction of sp³-hybridized carbons (Fsp3) is 0.300. The number of hydrogen-bond acceptors (Lipinski definition) is 3. The Labute approximate surface area is 176 Å². The Kier molecular flexibility index (Phi) is 9.58. The van der Waals surface area contributed by atoms with Crippen LogP contribution in [-0.2, 0) is 6.54 Å². The zero-order chi connectivity index (χ0) is 18.9. The van der Waals surface area contributed by atoms with Gasteiger partial charge in [0.2, 0.25) is 0 Å². The van der Waals surface area contributed by atoms with Crippen molar-refractivity contribution < 1.29 is 9.13 Å². The van der Waals surface area contributed by atoms with Gasteiger partial charge in [-0.2, -0.15) is 5.26 Å². The quantitative estimate of drug-likeness (QED) is 0.388. The summed E-state index contributed by atoms with van der Waals surface area (Å²) < 4.78 is 19.8. The third kappa shape index (κ3) is 6.71.